The molecule has 0 unspecified atom stereocenters. The highest BCUT2D eigenvalue weighted by Gasteiger charge is 2.34. The average Bonchev–Trinajstić information content (AvgIpc) is 3.34. The maximum absolute atomic E-state index is 14.0. The number of carbonyl (C=O) groups is 1. The molecule has 3 heterocycles. The minimum Gasteiger partial charge on any atom is -0.382 e. The van der Waals surface area contributed by atoms with Crippen molar-refractivity contribution in [2.75, 3.05) is 43.8 Å². The van der Waals surface area contributed by atoms with E-state index in [1.54, 1.807) is 12.3 Å². The lowest BCUT2D eigenvalue weighted by molar-refractivity contribution is -0.138. The van der Waals surface area contributed by atoms with Gasteiger partial charge in [0.1, 0.15) is 5.82 Å². The third-order valence-electron chi connectivity index (χ3n) is 6.75. The Bertz CT molecular complexity index is 1530. The molecule has 0 spiro atoms. The third kappa shape index (κ3) is 6.64. The van der Waals surface area contributed by atoms with E-state index in [-0.39, 0.29) is 17.7 Å². The Balaban J connectivity index is 1.29. The molecule has 208 valence electrons. The summed E-state index contributed by atoms with van der Waals surface area (Å²) in [6, 6.07) is 9.37. The Morgan fingerprint density at radius 1 is 1.05 bits per heavy atom. The van der Waals surface area contributed by atoms with Crippen LogP contribution in [-0.4, -0.2) is 63.4 Å². The van der Waals surface area contributed by atoms with Gasteiger partial charge in [0.05, 0.1) is 33.9 Å². The molecule has 8 nitrogen and oxygen atoms in total. The topological polar surface area (TPSA) is 100 Å². The molecule has 1 saturated heterocycles. The van der Waals surface area contributed by atoms with Crippen molar-refractivity contribution in [2.45, 2.75) is 19.6 Å². The maximum atomic E-state index is 14.0. The van der Waals surface area contributed by atoms with E-state index >= 15 is 0 Å². The van der Waals surface area contributed by atoms with Crippen molar-refractivity contribution in [3.63, 3.8) is 0 Å². The second kappa shape index (κ2) is 11.7. The molecular weight excluding hydrogens is 539 g/mol. The summed E-state index contributed by atoms with van der Waals surface area (Å²) in [5.41, 5.74) is 7.07. The fraction of sp³-hybridized carbons (Fsp3) is 0.286. The highest BCUT2D eigenvalue weighted by Crippen LogP contribution is 2.34. The van der Waals surface area contributed by atoms with Gasteiger partial charge in [-0.25, -0.2) is 9.97 Å². The molecule has 0 atom stereocenters. The Kier molecular flexibility index (Phi) is 8.10. The molecule has 1 fully saturated rings. The van der Waals surface area contributed by atoms with Gasteiger partial charge in [0.25, 0.3) is 5.91 Å². The van der Waals surface area contributed by atoms with E-state index in [4.69, 9.17) is 5.73 Å². The van der Waals surface area contributed by atoms with Crippen molar-refractivity contribution in [2.24, 2.45) is 0 Å². The molecule has 4 aromatic rings. The van der Waals surface area contributed by atoms with E-state index in [0.717, 1.165) is 36.0 Å². The molecule has 1 amide bonds. The summed E-state index contributed by atoms with van der Waals surface area (Å²) in [4.78, 5) is 29.8. The quantitative estimate of drug-likeness (QED) is 0.315. The van der Waals surface area contributed by atoms with Crippen molar-refractivity contribution in [1.82, 2.24) is 24.8 Å². The highest BCUT2D eigenvalue weighted by molar-refractivity contribution is 7.22. The Labute approximate surface area is 233 Å². The van der Waals surface area contributed by atoms with Crippen LogP contribution >= 0.6 is 11.3 Å². The molecule has 5 rings (SSSR count). The zero-order valence-corrected chi connectivity index (χ0v) is 22.6. The van der Waals surface area contributed by atoms with Crippen LogP contribution in [0.4, 0.5) is 24.1 Å². The first kappa shape index (κ1) is 27.7. The molecular formula is C28H28F3N7OS. The van der Waals surface area contributed by atoms with E-state index < -0.39 is 17.6 Å². The minimum atomic E-state index is -4.57. The van der Waals surface area contributed by atoms with Crippen LogP contribution in [0.2, 0.25) is 0 Å². The molecule has 12 heteroatoms. The standard InChI is InChI=1S/C28H28F3N7OS/c1-2-37-9-11-38(12-10-37)17-20-6-5-19(14-22(20)28(29,30)31)26(39)36-27-35-23-8-4-18(13-24(23)40-27)3-7-21-15-34-25(32)16-33-21/h3-8,13-16H,2,9-12,17H2,1H3,(H2,32,34)(H,35,36,39)/b7-3+. The Morgan fingerprint density at radius 2 is 1.82 bits per heavy atom. The third-order valence-corrected chi connectivity index (χ3v) is 7.69. The summed E-state index contributed by atoms with van der Waals surface area (Å²) >= 11 is 1.24. The number of piperazine rings is 1. The zero-order chi connectivity index (χ0) is 28.3. The number of amides is 1. The summed E-state index contributed by atoms with van der Waals surface area (Å²) in [5, 5.41) is 2.96. The van der Waals surface area contributed by atoms with Crippen LogP contribution in [0.3, 0.4) is 0 Å². The lowest BCUT2D eigenvalue weighted by atomic mass is 10.0. The summed E-state index contributed by atoms with van der Waals surface area (Å²) < 4.78 is 42.7. The Hall–Kier alpha value is -3.87. The monoisotopic (exact) mass is 567 g/mol. The number of fused-ring (bicyclic) bond motifs is 1. The van der Waals surface area contributed by atoms with Crippen LogP contribution < -0.4 is 11.1 Å². The van der Waals surface area contributed by atoms with Gasteiger partial charge in [0.15, 0.2) is 5.13 Å². The maximum Gasteiger partial charge on any atom is 0.416 e. The molecule has 2 aromatic heterocycles. The highest BCUT2D eigenvalue weighted by atomic mass is 32.1. The van der Waals surface area contributed by atoms with Crippen molar-refractivity contribution < 1.29 is 18.0 Å². The molecule has 3 N–H and O–H groups in total. The number of hydrogen-bond acceptors (Lipinski definition) is 8. The first-order valence-electron chi connectivity index (χ1n) is 12.8. The molecule has 1 aliphatic rings. The van der Waals surface area contributed by atoms with Crippen molar-refractivity contribution in [3.8, 4) is 0 Å². The number of nitrogens with zero attached hydrogens (tertiary/aromatic N) is 5. The normalized spacial score (nSPS) is 15.2. The van der Waals surface area contributed by atoms with E-state index in [1.165, 1.54) is 29.7 Å². The number of carbonyl (C=O) groups excluding carboxylic acids is 1. The van der Waals surface area contributed by atoms with Crippen LogP contribution in [0.5, 0.6) is 0 Å². The Morgan fingerprint density at radius 3 is 2.52 bits per heavy atom. The van der Waals surface area contributed by atoms with Crippen molar-refractivity contribution in [3.05, 3.63) is 76.7 Å². The summed E-state index contributed by atoms with van der Waals surface area (Å²) in [5.74, 6) is -0.306. The predicted octanol–water partition coefficient (Wildman–Crippen LogP) is 5.25. The molecule has 2 aromatic carbocycles. The first-order chi connectivity index (χ1) is 19.2. The van der Waals surface area contributed by atoms with Gasteiger partial charge >= 0.3 is 6.18 Å². The van der Waals surface area contributed by atoms with Gasteiger partial charge in [-0.1, -0.05) is 36.5 Å². The average molecular weight is 568 g/mol. The molecule has 40 heavy (non-hydrogen) atoms. The van der Waals surface area contributed by atoms with E-state index in [2.05, 4.69) is 32.1 Å². The molecule has 0 aliphatic carbocycles. The number of nitrogen functional groups attached to an aromatic ring is 1. The summed E-state index contributed by atoms with van der Waals surface area (Å²) in [6.07, 6.45) is 2.12. The lowest BCUT2D eigenvalue weighted by Gasteiger charge is -2.34. The number of nitrogens with two attached hydrogens (primary N) is 1. The van der Waals surface area contributed by atoms with Crippen LogP contribution in [0.1, 0.15) is 39.7 Å². The smallest absolute Gasteiger partial charge is 0.382 e. The fourth-order valence-electron chi connectivity index (χ4n) is 4.51. The van der Waals surface area contributed by atoms with Crippen molar-refractivity contribution in [1.29, 1.82) is 0 Å². The van der Waals surface area contributed by atoms with Gasteiger partial charge in [0.2, 0.25) is 0 Å². The summed E-state index contributed by atoms with van der Waals surface area (Å²) in [6.45, 7) is 6.26. The largest absolute Gasteiger partial charge is 0.416 e. The molecule has 1 aliphatic heterocycles. The van der Waals surface area contributed by atoms with E-state index in [0.29, 0.717) is 35.2 Å². The first-order valence-corrected chi connectivity index (χ1v) is 13.6. The fourth-order valence-corrected chi connectivity index (χ4v) is 5.42. The number of anilines is 2. The minimum absolute atomic E-state index is 0.0700. The van der Waals surface area contributed by atoms with Gasteiger partial charge in [-0.2, -0.15) is 13.2 Å². The zero-order valence-electron chi connectivity index (χ0n) is 21.8. The van der Waals surface area contributed by atoms with Gasteiger partial charge < -0.3 is 10.6 Å². The molecule has 0 saturated carbocycles. The number of hydrogen-bond donors (Lipinski definition) is 2. The SMILES string of the molecule is CCN1CCN(Cc2ccc(C(=O)Nc3nc4ccc(/C=C/c5cnc(N)cn5)cc4s3)cc2C(F)(F)F)CC1. The van der Waals surface area contributed by atoms with Gasteiger partial charge in [-0.05, 0) is 48.0 Å². The number of benzene rings is 2. The number of alkyl halides is 3. The van der Waals surface area contributed by atoms with Crippen LogP contribution in [-0.2, 0) is 12.7 Å². The van der Waals surface area contributed by atoms with Gasteiger partial charge in [-0.3, -0.25) is 20.0 Å². The van der Waals surface area contributed by atoms with Gasteiger partial charge in [0, 0.05) is 38.3 Å². The molecule has 0 bridgehead atoms. The van der Waals surface area contributed by atoms with Crippen LogP contribution in [0, 0.1) is 0 Å². The van der Waals surface area contributed by atoms with Gasteiger partial charge in [-0.15, -0.1) is 0 Å². The lowest BCUT2D eigenvalue weighted by Crippen LogP contribution is -2.45. The number of likely N-dealkylation sites (N-methyl/N-ethyl adjacent to an activating group) is 1. The number of rotatable bonds is 7. The second-order valence-corrected chi connectivity index (χ2v) is 10.5. The van der Waals surface area contributed by atoms with Crippen molar-refractivity contribution >= 4 is 50.6 Å². The second-order valence-electron chi connectivity index (χ2n) is 9.48. The van der Waals surface area contributed by atoms with Crippen LogP contribution in [0.25, 0.3) is 22.4 Å². The summed E-state index contributed by atoms with van der Waals surface area (Å²) in [7, 11) is 0. The van der Waals surface area contributed by atoms with Crippen LogP contribution in [0.15, 0.2) is 48.8 Å². The number of halogens is 3. The molecule has 0 radical (unpaired) electrons. The van der Waals surface area contributed by atoms with E-state index in [9.17, 15) is 18.0 Å². The number of thiazole rings is 1. The number of aromatic nitrogens is 3. The predicted molar refractivity (Wildman–Crippen MR) is 152 cm³/mol. The van der Waals surface area contributed by atoms with E-state index in [1.807, 2.05) is 29.2 Å². The number of nitrogens with one attached hydrogen (secondary N) is 1.